The normalized spacial score (nSPS) is 18.2. The standard InChI is InChI=1S/C29H33N3O4/c33-28(30-20-24-8-4-16-35-24)25-19-23(31-29(34)27-9-5-17-36-27)10-11-26(25)32-14-12-22(13-15-32)18-21-6-2-1-3-7-21/h1-3,5-7,9-11,17,19,22,24H,4,8,12-16,18,20H2,(H,30,33)(H,31,34). The first kappa shape index (κ1) is 24.1. The first-order valence-electron chi connectivity index (χ1n) is 12.8. The second-order valence-electron chi connectivity index (χ2n) is 9.63. The van der Waals surface area contributed by atoms with Gasteiger partial charge in [-0.15, -0.1) is 0 Å². The van der Waals surface area contributed by atoms with Crippen molar-refractivity contribution in [2.24, 2.45) is 5.92 Å². The molecule has 2 aromatic carbocycles. The van der Waals surface area contributed by atoms with Crippen molar-refractivity contribution in [3.05, 3.63) is 83.8 Å². The zero-order chi connectivity index (χ0) is 24.7. The van der Waals surface area contributed by atoms with E-state index in [1.54, 1.807) is 18.2 Å². The van der Waals surface area contributed by atoms with Crippen LogP contribution in [0.3, 0.4) is 0 Å². The molecule has 0 spiro atoms. The predicted octanol–water partition coefficient (Wildman–Crippen LogP) is 4.90. The van der Waals surface area contributed by atoms with Gasteiger partial charge in [-0.3, -0.25) is 9.59 Å². The Morgan fingerprint density at radius 3 is 2.50 bits per heavy atom. The Kier molecular flexibility index (Phi) is 7.67. The molecule has 2 fully saturated rings. The van der Waals surface area contributed by atoms with Crippen LogP contribution >= 0.6 is 0 Å². The van der Waals surface area contributed by atoms with Crippen molar-refractivity contribution in [3.8, 4) is 0 Å². The van der Waals surface area contributed by atoms with Crippen LogP contribution < -0.4 is 15.5 Å². The summed E-state index contributed by atoms with van der Waals surface area (Å²) < 4.78 is 10.9. The second kappa shape index (κ2) is 11.4. The number of carbonyl (C=O) groups is 2. The fourth-order valence-electron chi connectivity index (χ4n) is 5.10. The Morgan fingerprint density at radius 1 is 0.944 bits per heavy atom. The van der Waals surface area contributed by atoms with Crippen molar-refractivity contribution in [2.75, 3.05) is 36.5 Å². The minimum absolute atomic E-state index is 0.0629. The molecule has 36 heavy (non-hydrogen) atoms. The van der Waals surface area contributed by atoms with Crippen LogP contribution in [0.25, 0.3) is 0 Å². The van der Waals surface area contributed by atoms with Crippen LogP contribution in [0.5, 0.6) is 0 Å². The van der Waals surface area contributed by atoms with Gasteiger partial charge < -0.3 is 24.7 Å². The predicted molar refractivity (Wildman–Crippen MR) is 139 cm³/mol. The number of nitrogens with one attached hydrogen (secondary N) is 2. The van der Waals surface area contributed by atoms with Crippen LogP contribution in [0, 0.1) is 5.92 Å². The van der Waals surface area contributed by atoms with Gasteiger partial charge in [0.15, 0.2) is 5.76 Å². The molecule has 2 aliphatic rings. The van der Waals surface area contributed by atoms with E-state index in [1.807, 2.05) is 12.1 Å². The number of carbonyl (C=O) groups excluding carboxylic acids is 2. The van der Waals surface area contributed by atoms with E-state index in [2.05, 4.69) is 45.9 Å². The van der Waals surface area contributed by atoms with E-state index in [4.69, 9.17) is 9.15 Å². The van der Waals surface area contributed by atoms with E-state index in [-0.39, 0.29) is 23.7 Å². The SMILES string of the molecule is O=C(Nc1ccc(N2CCC(Cc3ccccc3)CC2)c(C(=O)NCC2CCCO2)c1)c1ccco1. The van der Waals surface area contributed by atoms with Gasteiger partial charge in [0.2, 0.25) is 0 Å². The molecule has 2 saturated heterocycles. The van der Waals surface area contributed by atoms with Crippen LogP contribution in [0.15, 0.2) is 71.3 Å². The van der Waals surface area contributed by atoms with Gasteiger partial charge in [-0.2, -0.15) is 0 Å². The van der Waals surface area contributed by atoms with E-state index in [1.165, 1.54) is 11.8 Å². The number of amides is 2. The number of rotatable bonds is 8. The Balaban J connectivity index is 1.29. The number of furan rings is 1. The van der Waals surface area contributed by atoms with Crippen LogP contribution in [-0.4, -0.2) is 44.2 Å². The van der Waals surface area contributed by atoms with Crippen molar-refractivity contribution < 1.29 is 18.7 Å². The van der Waals surface area contributed by atoms with Crippen molar-refractivity contribution in [3.63, 3.8) is 0 Å². The molecule has 1 unspecified atom stereocenters. The van der Waals surface area contributed by atoms with Crippen LogP contribution in [-0.2, 0) is 11.2 Å². The Hall–Kier alpha value is -3.58. The zero-order valence-electron chi connectivity index (χ0n) is 20.4. The third-order valence-electron chi connectivity index (χ3n) is 7.08. The molecular formula is C29H33N3O4. The summed E-state index contributed by atoms with van der Waals surface area (Å²) in [6.45, 7) is 3.02. The monoisotopic (exact) mass is 487 g/mol. The minimum atomic E-state index is -0.347. The highest BCUT2D eigenvalue weighted by atomic mass is 16.5. The summed E-state index contributed by atoms with van der Waals surface area (Å²) in [6, 6.07) is 19.5. The first-order chi connectivity index (χ1) is 17.7. The largest absolute Gasteiger partial charge is 0.459 e. The van der Waals surface area contributed by atoms with Gasteiger partial charge in [-0.1, -0.05) is 30.3 Å². The molecule has 2 amide bonds. The molecule has 3 aromatic rings. The number of hydrogen-bond acceptors (Lipinski definition) is 5. The highest BCUT2D eigenvalue weighted by molar-refractivity contribution is 6.05. The summed E-state index contributed by atoms with van der Waals surface area (Å²) >= 11 is 0. The average Bonchev–Trinajstić information content (AvgIpc) is 3.63. The van der Waals surface area contributed by atoms with E-state index in [0.717, 1.165) is 57.5 Å². The molecule has 7 nitrogen and oxygen atoms in total. The lowest BCUT2D eigenvalue weighted by molar-refractivity contribution is 0.0858. The van der Waals surface area contributed by atoms with Gasteiger partial charge >= 0.3 is 0 Å². The Morgan fingerprint density at radius 2 is 1.78 bits per heavy atom. The third kappa shape index (κ3) is 5.97. The maximum atomic E-state index is 13.3. The molecule has 1 atom stereocenters. The molecule has 5 rings (SSSR count). The van der Waals surface area contributed by atoms with Gasteiger partial charge in [0, 0.05) is 37.6 Å². The van der Waals surface area contributed by atoms with Gasteiger partial charge in [-0.25, -0.2) is 0 Å². The molecule has 3 heterocycles. The molecule has 0 radical (unpaired) electrons. The number of piperidine rings is 1. The quantitative estimate of drug-likeness (QED) is 0.472. The summed E-state index contributed by atoms with van der Waals surface area (Å²) in [5.41, 5.74) is 3.39. The van der Waals surface area contributed by atoms with Crippen molar-refractivity contribution in [1.82, 2.24) is 5.32 Å². The van der Waals surface area contributed by atoms with Crippen molar-refractivity contribution in [1.29, 1.82) is 0 Å². The van der Waals surface area contributed by atoms with Gasteiger partial charge in [-0.05, 0) is 73.9 Å². The molecule has 2 N–H and O–H groups in total. The number of benzene rings is 2. The third-order valence-corrected chi connectivity index (χ3v) is 7.08. The van der Waals surface area contributed by atoms with E-state index < -0.39 is 0 Å². The van der Waals surface area contributed by atoms with Crippen LogP contribution in [0.2, 0.25) is 0 Å². The summed E-state index contributed by atoms with van der Waals surface area (Å²) in [4.78, 5) is 28.1. The maximum Gasteiger partial charge on any atom is 0.291 e. The number of nitrogens with zero attached hydrogens (tertiary/aromatic N) is 1. The lowest BCUT2D eigenvalue weighted by atomic mass is 9.89. The van der Waals surface area contributed by atoms with E-state index >= 15 is 0 Å². The Bertz CT molecular complexity index is 1150. The average molecular weight is 488 g/mol. The summed E-state index contributed by atoms with van der Waals surface area (Å²) in [7, 11) is 0. The number of ether oxygens (including phenoxy) is 1. The summed E-state index contributed by atoms with van der Waals surface area (Å²) in [6.07, 6.45) is 6.74. The molecule has 0 bridgehead atoms. The highest BCUT2D eigenvalue weighted by Crippen LogP contribution is 2.30. The minimum Gasteiger partial charge on any atom is -0.459 e. The van der Waals surface area contributed by atoms with Crippen LogP contribution in [0.1, 0.15) is 52.2 Å². The Labute approximate surface area is 211 Å². The van der Waals surface area contributed by atoms with Gasteiger partial charge in [0.1, 0.15) is 0 Å². The van der Waals surface area contributed by atoms with E-state index in [0.29, 0.717) is 23.7 Å². The molecule has 7 heteroatoms. The van der Waals surface area contributed by atoms with Gasteiger partial charge in [0.25, 0.3) is 11.8 Å². The summed E-state index contributed by atoms with van der Waals surface area (Å²) in [5, 5.41) is 5.89. The summed E-state index contributed by atoms with van der Waals surface area (Å²) in [5.74, 6) is 0.359. The molecular weight excluding hydrogens is 454 g/mol. The smallest absolute Gasteiger partial charge is 0.291 e. The molecule has 2 aliphatic heterocycles. The molecule has 188 valence electrons. The lowest BCUT2D eigenvalue weighted by Crippen LogP contribution is -2.37. The fraction of sp³-hybridized carbons (Fsp3) is 0.379. The van der Waals surface area contributed by atoms with Crippen molar-refractivity contribution in [2.45, 2.75) is 38.2 Å². The number of hydrogen-bond donors (Lipinski definition) is 2. The highest BCUT2D eigenvalue weighted by Gasteiger charge is 2.25. The fourth-order valence-corrected chi connectivity index (χ4v) is 5.10. The molecule has 0 saturated carbocycles. The topological polar surface area (TPSA) is 83.8 Å². The lowest BCUT2D eigenvalue weighted by Gasteiger charge is -2.35. The van der Waals surface area contributed by atoms with Gasteiger partial charge in [0.05, 0.1) is 17.9 Å². The van der Waals surface area contributed by atoms with Crippen molar-refractivity contribution >= 4 is 23.2 Å². The molecule has 0 aliphatic carbocycles. The first-order valence-corrected chi connectivity index (χ1v) is 12.8. The zero-order valence-corrected chi connectivity index (χ0v) is 20.4. The van der Waals surface area contributed by atoms with E-state index in [9.17, 15) is 9.59 Å². The number of anilines is 2. The van der Waals surface area contributed by atoms with Crippen LogP contribution in [0.4, 0.5) is 11.4 Å². The maximum absolute atomic E-state index is 13.3. The second-order valence-corrected chi connectivity index (χ2v) is 9.63. The molecule has 1 aromatic heterocycles.